The Bertz CT molecular complexity index is 937. The first kappa shape index (κ1) is 18.4. The van der Waals surface area contributed by atoms with Gasteiger partial charge in [0.05, 0.1) is 11.8 Å². The summed E-state index contributed by atoms with van der Waals surface area (Å²) in [6.07, 6.45) is 12.2. The molecule has 0 aromatic carbocycles. The summed E-state index contributed by atoms with van der Waals surface area (Å²) in [5.74, 6) is 1.70. The van der Waals surface area contributed by atoms with Gasteiger partial charge in [0.1, 0.15) is 5.82 Å². The Morgan fingerprint density at radius 1 is 1.21 bits per heavy atom. The number of pyridine rings is 1. The maximum Gasteiger partial charge on any atom is 0.257 e. The third-order valence-corrected chi connectivity index (χ3v) is 5.59. The number of rotatable bonds is 5. The Morgan fingerprint density at radius 2 is 2.04 bits per heavy atom. The van der Waals surface area contributed by atoms with Crippen molar-refractivity contribution in [1.29, 1.82) is 0 Å². The molecule has 0 aliphatic carbocycles. The molecular formula is C21H26N6O. The lowest BCUT2D eigenvalue weighted by atomic mass is 9.93. The zero-order chi connectivity index (χ0) is 19.5. The minimum Gasteiger partial charge on any atom is -0.339 e. The zero-order valence-corrected chi connectivity index (χ0v) is 16.5. The molecule has 28 heavy (non-hydrogen) atoms. The quantitative estimate of drug-likeness (QED) is 0.684. The third-order valence-electron chi connectivity index (χ3n) is 5.59. The van der Waals surface area contributed by atoms with Crippen molar-refractivity contribution in [3.8, 4) is 11.4 Å². The summed E-state index contributed by atoms with van der Waals surface area (Å²) in [5.41, 5.74) is 2.90. The molecule has 4 rings (SSSR count). The van der Waals surface area contributed by atoms with Gasteiger partial charge in [-0.05, 0) is 44.2 Å². The third kappa shape index (κ3) is 3.83. The van der Waals surface area contributed by atoms with Crippen molar-refractivity contribution in [3.63, 3.8) is 0 Å². The fourth-order valence-corrected chi connectivity index (χ4v) is 3.92. The van der Waals surface area contributed by atoms with Crippen molar-refractivity contribution in [3.05, 3.63) is 54.4 Å². The summed E-state index contributed by atoms with van der Waals surface area (Å²) in [7, 11) is 1.83. The van der Waals surface area contributed by atoms with Gasteiger partial charge in [0.2, 0.25) is 0 Å². The minimum atomic E-state index is 0.0934. The normalized spacial score (nSPS) is 15.1. The van der Waals surface area contributed by atoms with Crippen LogP contribution in [0.4, 0.5) is 0 Å². The molecule has 0 bridgehead atoms. The van der Waals surface area contributed by atoms with Gasteiger partial charge in [0, 0.05) is 62.7 Å². The topological polar surface area (TPSA) is 68.8 Å². The van der Waals surface area contributed by atoms with Crippen molar-refractivity contribution in [2.45, 2.75) is 32.7 Å². The molecule has 0 unspecified atom stereocenters. The molecule has 7 heteroatoms. The van der Waals surface area contributed by atoms with Crippen LogP contribution in [-0.4, -0.2) is 48.2 Å². The molecule has 0 atom stereocenters. The van der Waals surface area contributed by atoms with E-state index in [0.29, 0.717) is 11.5 Å². The number of carbonyl (C=O) groups excluding carboxylic acids is 1. The van der Waals surface area contributed by atoms with E-state index in [1.54, 1.807) is 23.3 Å². The van der Waals surface area contributed by atoms with Gasteiger partial charge >= 0.3 is 0 Å². The lowest BCUT2D eigenvalue weighted by molar-refractivity contribution is 0.0685. The van der Waals surface area contributed by atoms with E-state index in [-0.39, 0.29) is 5.91 Å². The smallest absolute Gasteiger partial charge is 0.257 e. The van der Waals surface area contributed by atoms with Crippen LogP contribution in [0.3, 0.4) is 0 Å². The second-order valence-corrected chi connectivity index (χ2v) is 7.54. The van der Waals surface area contributed by atoms with Crippen LogP contribution >= 0.6 is 0 Å². The van der Waals surface area contributed by atoms with Crippen LogP contribution < -0.4 is 0 Å². The van der Waals surface area contributed by atoms with Crippen LogP contribution in [-0.2, 0) is 13.6 Å². The lowest BCUT2D eigenvalue weighted by Gasteiger charge is -2.32. The average molecular weight is 378 g/mol. The van der Waals surface area contributed by atoms with E-state index in [1.807, 2.05) is 36.5 Å². The second kappa shape index (κ2) is 7.96. The molecule has 4 heterocycles. The van der Waals surface area contributed by atoms with Gasteiger partial charge in [-0.25, -0.2) is 4.98 Å². The van der Waals surface area contributed by atoms with E-state index in [0.717, 1.165) is 50.3 Å². The maximum atomic E-state index is 12.6. The standard InChI is InChI=1S/C21H26N6O/c1-16-12-23-20(18-4-3-8-22-13-18)27(16)11-7-17-5-9-26(10-6-17)21(28)19-14-24-25(2)15-19/h3-4,8,12-15,17H,5-7,9-11H2,1-2H3. The Hall–Kier alpha value is -2.96. The van der Waals surface area contributed by atoms with Crippen molar-refractivity contribution >= 4 is 5.91 Å². The van der Waals surface area contributed by atoms with Crippen molar-refractivity contribution in [1.82, 2.24) is 29.2 Å². The highest BCUT2D eigenvalue weighted by molar-refractivity contribution is 5.93. The Labute approximate surface area is 165 Å². The number of imidazole rings is 1. The highest BCUT2D eigenvalue weighted by atomic mass is 16.2. The van der Waals surface area contributed by atoms with Crippen LogP contribution in [0.1, 0.15) is 35.3 Å². The summed E-state index contributed by atoms with van der Waals surface area (Å²) in [5, 5.41) is 4.10. The van der Waals surface area contributed by atoms with Gasteiger partial charge < -0.3 is 9.47 Å². The van der Waals surface area contributed by atoms with Gasteiger partial charge in [-0.3, -0.25) is 14.5 Å². The fourth-order valence-electron chi connectivity index (χ4n) is 3.92. The van der Waals surface area contributed by atoms with E-state index >= 15 is 0 Å². The molecule has 0 radical (unpaired) electrons. The molecular weight excluding hydrogens is 352 g/mol. The Balaban J connectivity index is 1.34. The van der Waals surface area contributed by atoms with Crippen LogP contribution in [0.15, 0.2) is 43.1 Å². The van der Waals surface area contributed by atoms with Crippen LogP contribution in [0.5, 0.6) is 0 Å². The maximum absolute atomic E-state index is 12.6. The Morgan fingerprint density at radius 3 is 2.71 bits per heavy atom. The monoisotopic (exact) mass is 378 g/mol. The molecule has 1 saturated heterocycles. The van der Waals surface area contributed by atoms with Gasteiger partial charge in [-0.15, -0.1) is 0 Å². The molecule has 1 aliphatic rings. The van der Waals surface area contributed by atoms with Crippen LogP contribution in [0, 0.1) is 12.8 Å². The molecule has 0 N–H and O–H groups in total. The van der Waals surface area contributed by atoms with E-state index in [9.17, 15) is 4.79 Å². The number of carbonyl (C=O) groups is 1. The van der Waals surface area contributed by atoms with Gasteiger partial charge in [0.25, 0.3) is 5.91 Å². The van der Waals surface area contributed by atoms with E-state index in [4.69, 9.17) is 0 Å². The zero-order valence-electron chi connectivity index (χ0n) is 16.5. The molecule has 146 valence electrons. The molecule has 3 aromatic rings. The lowest BCUT2D eigenvalue weighted by Crippen LogP contribution is -2.38. The van der Waals surface area contributed by atoms with E-state index in [2.05, 4.69) is 26.6 Å². The number of likely N-dealkylation sites (tertiary alicyclic amines) is 1. The fraction of sp³-hybridized carbons (Fsp3) is 0.429. The number of nitrogens with zero attached hydrogens (tertiary/aromatic N) is 6. The molecule has 3 aromatic heterocycles. The molecule has 7 nitrogen and oxygen atoms in total. The summed E-state index contributed by atoms with van der Waals surface area (Å²) in [6.45, 7) is 4.67. The highest BCUT2D eigenvalue weighted by Crippen LogP contribution is 2.25. The molecule has 1 aliphatic heterocycles. The predicted octanol–water partition coefficient (Wildman–Crippen LogP) is 2.93. The van der Waals surface area contributed by atoms with Crippen LogP contribution in [0.2, 0.25) is 0 Å². The summed E-state index contributed by atoms with van der Waals surface area (Å²) in [6, 6.07) is 3.99. The summed E-state index contributed by atoms with van der Waals surface area (Å²) >= 11 is 0. The predicted molar refractivity (Wildman–Crippen MR) is 107 cm³/mol. The van der Waals surface area contributed by atoms with E-state index in [1.165, 1.54) is 5.69 Å². The SMILES string of the molecule is Cc1cnc(-c2cccnc2)n1CCC1CCN(C(=O)c2cnn(C)c2)CC1. The molecule has 0 saturated carbocycles. The number of aryl methyl sites for hydroxylation is 2. The number of piperidine rings is 1. The number of hydrogen-bond donors (Lipinski definition) is 0. The highest BCUT2D eigenvalue weighted by Gasteiger charge is 2.24. The van der Waals surface area contributed by atoms with Crippen LogP contribution in [0.25, 0.3) is 11.4 Å². The van der Waals surface area contributed by atoms with Crippen molar-refractivity contribution in [2.24, 2.45) is 13.0 Å². The number of aromatic nitrogens is 5. The first-order valence-corrected chi connectivity index (χ1v) is 9.82. The Kier molecular flexibility index (Phi) is 5.23. The van der Waals surface area contributed by atoms with E-state index < -0.39 is 0 Å². The van der Waals surface area contributed by atoms with Crippen molar-refractivity contribution < 1.29 is 4.79 Å². The molecule has 0 spiro atoms. The summed E-state index contributed by atoms with van der Waals surface area (Å²) < 4.78 is 3.96. The number of amides is 1. The minimum absolute atomic E-state index is 0.0934. The average Bonchev–Trinajstić information content (AvgIpc) is 3.32. The molecule has 1 amide bonds. The number of hydrogen-bond acceptors (Lipinski definition) is 4. The van der Waals surface area contributed by atoms with Gasteiger partial charge in [-0.1, -0.05) is 0 Å². The first-order chi connectivity index (χ1) is 13.6. The van der Waals surface area contributed by atoms with Gasteiger partial charge in [0.15, 0.2) is 0 Å². The largest absolute Gasteiger partial charge is 0.339 e. The first-order valence-electron chi connectivity index (χ1n) is 9.82. The van der Waals surface area contributed by atoms with Gasteiger partial charge in [-0.2, -0.15) is 5.10 Å². The summed E-state index contributed by atoms with van der Waals surface area (Å²) in [4.78, 5) is 23.3. The molecule has 1 fully saturated rings. The van der Waals surface area contributed by atoms with Crippen molar-refractivity contribution in [2.75, 3.05) is 13.1 Å². The second-order valence-electron chi connectivity index (χ2n) is 7.54.